The Morgan fingerprint density at radius 3 is 2.35 bits per heavy atom. The number of nitrogens with one attached hydrogen (secondary N) is 1. The standard InChI is InChI=1S/C18H26BrN/c1-12(13-5-7-15(19)8-6-13)20-16-11-14-9-10-18(16,4)17(14,2)3/h5-8,12,14,16,20H,9-11H2,1-4H3/t12-,14?,16?,18?/m0/s1. The predicted molar refractivity (Wildman–Crippen MR) is 88.7 cm³/mol. The van der Waals surface area contributed by atoms with Crippen molar-refractivity contribution in [1.29, 1.82) is 0 Å². The van der Waals surface area contributed by atoms with Gasteiger partial charge < -0.3 is 5.32 Å². The van der Waals surface area contributed by atoms with Crippen LogP contribution in [-0.2, 0) is 0 Å². The van der Waals surface area contributed by atoms with Crippen molar-refractivity contribution in [3.8, 4) is 0 Å². The lowest BCUT2D eigenvalue weighted by molar-refractivity contribution is 0.116. The molecular formula is C18H26BrN. The molecule has 3 rings (SSSR count). The summed E-state index contributed by atoms with van der Waals surface area (Å²) in [5.74, 6) is 0.905. The van der Waals surface area contributed by atoms with Gasteiger partial charge in [-0.05, 0) is 60.6 Å². The molecule has 4 atom stereocenters. The average molecular weight is 336 g/mol. The molecular weight excluding hydrogens is 310 g/mol. The highest BCUT2D eigenvalue weighted by Gasteiger charge is 2.61. The molecule has 3 unspecified atom stereocenters. The largest absolute Gasteiger partial charge is 0.307 e. The number of rotatable bonds is 3. The van der Waals surface area contributed by atoms with Crippen LogP contribution in [0.5, 0.6) is 0 Å². The molecule has 1 aromatic rings. The molecule has 110 valence electrons. The minimum absolute atomic E-state index is 0.431. The van der Waals surface area contributed by atoms with Gasteiger partial charge in [0.1, 0.15) is 0 Å². The van der Waals surface area contributed by atoms with Crippen LogP contribution >= 0.6 is 15.9 Å². The molecule has 0 amide bonds. The maximum Gasteiger partial charge on any atom is 0.0294 e. The molecule has 2 aliphatic carbocycles. The van der Waals surface area contributed by atoms with Crippen LogP contribution in [0.4, 0.5) is 0 Å². The first-order chi connectivity index (χ1) is 9.34. The fourth-order valence-corrected chi connectivity index (χ4v) is 4.87. The first kappa shape index (κ1) is 14.6. The Labute approximate surface area is 131 Å². The van der Waals surface area contributed by atoms with Crippen molar-refractivity contribution >= 4 is 15.9 Å². The average Bonchev–Trinajstić information content (AvgIpc) is 2.72. The second-order valence-electron chi connectivity index (χ2n) is 7.60. The van der Waals surface area contributed by atoms with Crippen molar-refractivity contribution in [2.75, 3.05) is 0 Å². The van der Waals surface area contributed by atoms with E-state index in [0.717, 1.165) is 10.4 Å². The van der Waals surface area contributed by atoms with Gasteiger partial charge in [0.25, 0.3) is 0 Å². The van der Waals surface area contributed by atoms with E-state index in [1.807, 2.05) is 0 Å². The van der Waals surface area contributed by atoms with E-state index < -0.39 is 0 Å². The van der Waals surface area contributed by atoms with Gasteiger partial charge >= 0.3 is 0 Å². The van der Waals surface area contributed by atoms with Gasteiger partial charge in [0.05, 0.1) is 0 Å². The highest BCUT2D eigenvalue weighted by Crippen LogP contribution is 2.65. The van der Waals surface area contributed by atoms with E-state index in [2.05, 4.69) is 73.2 Å². The number of hydrogen-bond acceptors (Lipinski definition) is 1. The molecule has 0 radical (unpaired) electrons. The molecule has 0 spiro atoms. The van der Waals surface area contributed by atoms with Crippen molar-refractivity contribution in [3.05, 3.63) is 34.3 Å². The zero-order valence-electron chi connectivity index (χ0n) is 13.0. The molecule has 2 saturated carbocycles. The highest BCUT2D eigenvalue weighted by molar-refractivity contribution is 9.10. The van der Waals surface area contributed by atoms with Crippen molar-refractivity contribution in [2.45, 2.75) is 59.0 Å². The van der Waals surface area contributed by atoms with E-state index in [0.29, 0.717) is 22.9 Å². The highest BCUT2D eigenvalue weighted by atomic mass is 79.9. The van der Waals surface area contributed by atoms with Gasteiger partial charge in [-0.2, -0.15) is 0 Å². The second-order valence-corrected chi connectivity index (χ2v) is 8.52. The molecule has 0 heterocycles. The van der Waals surface area contributed by atoms with E-state index in [1.165, 1.54) is 24.8 Å². The smallest absolute Gasteiger partial charge is 0.0294 e. The zero-order chi connectivity index (χ0) is 14.5. The van der Waals surface area contributed by atoms with Gasteiger partial charge in [-0.3, -0.25) is 0 Å². The third kappa shape index (κ3) is 2.07. The molecule has 1 nitrogen and oxygen atoms in total. The Morgan fingerprint density at radius 1 is 1.20 bits per heavy atom. The van der Waals surface area contributed by atoms with Gasteiger partial charge in [0.15, 0.2) is 0 Å². The van der Waals surface area contributed by atoms with E-state index in [-0.39, 0.29) is 0 Å². The normalized spacial score (nSPS) is 36.2. The van der Waals surface area contributed by atoms with Gasteiger partial charge in [-0.15, -0.1) is 0 Å². The summed E-state index contributed by atoms with van der Waals surface area (Å²) in [6.07, 6.45) is 4.16. The van der Waals surface area contributed by atoms with Crippen molar-refractivity contribution < 1.29 is 0 Å². The lowest BCUT2D eigenvalue weighted by atomic mass is 9.69. The van der Waals surface area contributed by atoms with Crippen LogP contribution < -0.4 is 5.32 Å². The van der Waals surface area contributed by atoms with Gasteiger partial charge in [-0.25, -0.2) is 0 Å². The fourth-order valence-electron chi connectivity index (χ4n) is 4.61. The molecule has 0 saturated heterocycles. The third-order valence-electron chi connectivity index (χ3n) is 6.62. The molecule has 0 aliphatic heterocycles. The van der Waals surface area contributed by atoms with E-state index in [9.17, 15) is 0 Å². The molecule has 2 bridgehead atoms. The summed E-state index contributed by atoms with van der Waals surface area (Å²) in [6, 6.07) is 9.82. The first-order valence-electron chi connectivity index (χ1n) is 7.86. The number of hydrogen-bond donors (Lipinski definition) is 1. The Balaban J connectivity index is 1.75. The SMILES string of the molecule is C[C@H](NC1CC2CCC1(C)C2(C)C)c1ccc(Br)cc1. The number of benzene rings is 1. The molecule has 1 aromatic carbocycles. The van der Waals surface area contributed by atoms with E-state index in [1.54, 1.807) is 0 Å². The summed E-state index contributed by atoms with van der Waals surface area (Å²) in [6.45, 7) is 9.77. The number of halogens is 1. The molecule has 20 heavy (non-hydrogen) atoms. The minimum Gasteiger partial charge on any atom is -0.307 e. The van der Waals surface area contributed by atoms with E-state index >= 15 is 0 Å². The predicted octanol–water partition coefficient (Wildman–Crippen LogP) is 5.31. The summed E-state index contributed by atoms with van der Waals surface area (Å²) >= 11 is 3.51. The molecule has 2 aliphatic rings. The van der Waals surface area contributed by atoms with E-state index in [4.69, 9.17) is 0 Å². The maximum absolute atomic E-state index is 3.93. The molecule has 0 aromatic heterocycles. The quantitative estimate of drug-likeness (QED) is 0.788. The van der Waals surface area contributed by atoms with Crippen LogP contribution in [0.25, 0.3) is 0 Å². The molecule has 2 heteroatoms. The third-order valence-corrected chi connectivity index (χ3v) is 7.14. The fraction of sp³-hybridized carbons (Fsp3) is 0.667. The Bertz CT molecular complexity index is 493. The monoisotopic (exact) mass is 335 g/mol. The van der Waals surface area contributed by atoms with Gasteiger partial charge in [0, 0.05) is 16.6 Å². The summed E-state index contributed by atoms with van der Waals surface area (Å²) in [5.41, 5.74) is 2.34. The van der Waals surface area contributed by atoms with Crippen molar-refractivity contribution in [1.82, 2.24) is 5.32 Å². The maximum atomic E-state index is 3.93. The lowest BCUT2D eigenvalue weighted by Gasteiger charge is -2.40. The summed E-state index contributed by atoms with van der Waals surface area (Å²) in [5, 5.41) is 3.93. The van der Waals surface area contributed by atoms with Crippen molar-refractivity contribution in [2.24, 2.45) is 16.7 Å². The zero-order valence-corrected chi connectivity index (χ0v) is 14.6. The summed E-state index contributed by atoms with van der Waals surface area (Å²) in [7, 11) is 0. The van der Waals surface area contributed by atoms with Crippen LogP contribution in [0, 0.1) is 16.7 Å². The Kier molecular flexibility index (Phi) is 3.53. The van der Waals surface area contributed by atoms with Crippen LogP contribution in [0.2, 0.25) is 0 Å². The lowest BCUT2D eigenvalue weighted by Crippen LogP contribution is -2.45. The molecule has 1 N–H and O–H groups in total. The Morgan fingerprint density at radius 2 is 1.85 bits per heavy atom. The minimum atomic E-state index is 0.431. The van der Waals surface area contributed by atoms with Crippen LogP contribution in [-0.4, -0.2) is 6.04 Å². The first-order valence-corrected chi connectivity index (χ1v) is 8.65. The van der Waals surface area contributed by atoms with Gasteiger partial charge in [-0.1, -0.05) is 48.8 Å². The Hall–Kier alpha value is -0.340. The topological polar surface area (TPSA) is 12.0 Å². The van der Waals surface area contributed by atoms with Crippen LogP contribution in [0.15, 0.2) is 28.7 Å². The van der Waals surface area contributed by atoms with Crippen LogP contribution in [0.1, 0.15) is 58.6 Å². The summed E-state index contributed by atoms with van der Waals surface area (Å²) in [4.78, 5) is 0. The van der Waals surface area contributed by atoms with Crippen molar-refractivity contribution in [3.63, 3.8) is 0 Å². The molecule has 2 fully saturated rings. The van der Waals surface area contributed by atoms with Crippen LogP contribution in [0.3, 0.4) is 0 Å². The number of fused-ring (bicyclic) bond motifs is 2. The summed E-state index contributed by atoms with van der Waals surface area (Å²) < 4.78 is 1.15. The van der Waals surface area contributed by atoms with Gasteiger partial charge in [0.2, 0.25) is 0 Å². The second kappa shape index (κ2) is 4.84.